The molecule has 1 rings (SSSR count). The molecule has 0 heterocycles. The van der Waals surface area contributed by atoms with Gasteiger partial charge in [0.2, 0.25) is 0 Å². The summed E-state index contributed by atoms with van der Waals surface area (Å²) in [6.07, 6.45) is 6.34. The summed E-state index contributed by atoms with van der Waals surface area (Å²) in [4.78, 5) is 0. The van der Waals surface area contributed by atoms with Gasteiger partial charge in [0.05, 0.1) is 4.75 Å². The van der Waals surface area contributed by atoms with Crippen LogP contribution in [0.5, 0.6) is 0 Å². The van der Waals surface area contributed by atoms with Crippen molar-refractivity contribution in [3.63, 3.8) is 0 Å². The summed E-state index contributed by atoms with van der Waals surface area (Å²) in [6, 6.07) is 0.495. The fraction of sp³-hybridized carbons (Fsp3) is 1.00. The standard InChI is InChI=1S/C12H25NO2S/c1-10-7-5-6-8-11(10)13-9-12(2,3)16(4,14)15/h10-11,13H,5-9H2,1-4H3. The smallest absolute Gasteiger partial charge is 0.153 e. The maximum Gasteiger partial charge on any atom is 0.153 e. The second-order valence-corrected chi connectivity index (χ2v) is 8.43. The monoisotopic (exact) mass is 247 g/mol. The molecule has 0 radical (unpaired) electrons. The van der Waals surface area contributed by atoms with Crippen LogP contribution in [0.15, 0.2) is 0 Å². The largest absolute Gasteiger partial charge is 0.312 e. The number of nitrogens with one attached hydrogen (secondary N) is 1. The highest BCUT2D eigenvalue weighted by Crippen LogP contribution is 2.24. The first-order chi connectivity index (χ1) is 7.24. The van der Waals surface area contributed by atoms with Gasteiger partial charge in [-0.3, -0.25) is 0 Å². The third-order valence-corrected chi connectivity index (χ3v) is 6.06. The summed E-state index contributed by atoms with van der Waals surface area (Å²) >= 11 is 0. The molecule has 1 fully saturated rings. The third-order valence-electron chi connectivity index (χ3n) is 3.91. The molecule has 0 saturated heterocycles. The third kappa shape index (κ3) is 3.45. The van der Waals surface area contributed by atoms with Crippen LogP contribution >= 0.6 is 0 Å². The van der Waals surface area contributed by atoms with Crippen LogP contribution in [0, 0.1) is 5.92 Å². The van der Waals surface area contributed by atoms with E-state index in [0.29, 0.717) is 18.5 Å². The number of sulfone groups is 1. The van der Waals surface area contributed by atoms with E-state index in [0.717, 1.165) is 0 Å². The van der Waals surface area contributed by atoms with Crippen molar-refractivity contribution in [3.8, 4) is 0 Å². The van der Waals surface area contributed by atoms with E-state index in [1.807, 2.05) is 0 Å². The van der Waals surface area contributed by atoms with Crippen molar-refractivity contribution < 1.29 is 8.42 Å². The summed E-state index contributed by atoms with van der Waals surface area (Å²) in [5, 5.41) is 3.44. The molecule has 0 aromatic carbocycles. The normalized spacial score (nSPS) is 28.0. The van der Waals surface area contributed by atoms with Crippen LogP contribution in [0.2, 0.25) is 0 Å². The fourth-order valence-corrected chi connectivity index (χ4v) is 2.47. The Bertz CT molecular complexity index is 322. The minimum Gasteiger partial charge on any atom is -0.312 e. The molecule has 0 bridgehead atoms. The summed E-state index contributed by atoms with van der Waals surface area (Å²) < 4.78 is 22.5. The van der Waals surface area contributed by atoms with E-state index >= 15 is 0 Å². The summed E-state index contributed by atoms with van der Waals surface area (Å²) in [6.45, 7) is 6.40. The zero-order chi connectivity index (χ0) is 12.4. The minimum absolute atomic E-state index is 0.495. The molecule has 2 unspecified atom stereocenters. The predicted octanol–water partition coefficient (Wildman–Crippen LogP) is 1.98. The van der Waals surface area contributed by atoms with Gasteiger partial charge in [-0.2, -0.15) is 0 Å². The Hall–Kier alpha value is -0.0900. The van der Waals surface area contributed by atoms with Crippen LogP contribution in [0.25, 0.3) is 0 Å². The van der Waals surface area contributed by atoms with E-state index in [9.17, 15) is 8.42 Å². The SMILES string of the molecule is CC1CCCCC1NCC(C)(C)S(C)(=O)=O. The van der Waals surface area contributed by atoms with Crippen molar-refractivity contribution in [2.45, 2.75) is 57.2 Å². The molecule has 0 amide bonds. The first-order valence-corrected chi connectivity index (χ1v) is 8.06. The Morgan fingerprint density at radius 1 is 1.25 bits per heavy atom. The van der Waals surface area contributed by atoms with E-state index in [1.54, 1.807) is 13.8 Å². The van der Waals surface area contributed by atoms with E-state index in [-0.39, 0.29) is 0 Å². The molecule has 0 aliphatic heterocycles. The lowest BCUT2D eigenvalue weighted by atomic mass is 9.86. The van der Waals surface area contributed by atoms with E-state index < -0.39 is 14.6 Å². The molecule has 0 aromatic heterocycles. The minimum atomic E-state index is -2.98. The van der Waals surface area contributed by atoms with Gasteiger partial charge in [0.1, 0.15) is 0 Å². The molecule has 1 aliphatic carbocycles. The van der Waals surface area contributed by atoms with E-state index in [4.69, 9.17) is 0 Å². The molecule has 0 spiro atoms. The lowest BCUT2D eigenvalue weighted by molar-refractivity contribution is 0.275. The average molecular weight is 247 g/mol. The molecule has 16 heavy (non-hydrogen) atoms. The first kappa shape index (κ1) is 14.0. The van der Waals surface area contributed by atoms with Crippen molar-refractivity contribution >= 4 is 9.84 Å². The molecule has 2 atom stereocenters. The van der Waals surface area contributed by atoms with Crippen molar-refractivity contribution in [1.82, 2.24) is 5.32 Å². The maximum absolute atomic E-state index is 11.6. The Labute approximate surface area is 99.9 Å². The highest BCUT2D eigenvalue weighted by Gasteiger charge is 2.31. The number of hydrogen-bond acceptors (Lipinski definition) is 3. The molecule has 3 nitrogen and oxygen atoms in total. The lowest BCUT2D eigenvalue weighted by Crippen LogP contribution is -2.47. The number of rotatable bonds is 4. The molecular weight excluding hydrogens is 222 g/mol. The molecule has 0 aromatic rings. The first-order valence-electron chi connectivity index (χ1n) is 6.17. The van der Waals surface area contributed by atoms with Crippen molar-refractivity contribution in [1.29, 1.82) is 0 Å². The zero-order valence-corrected chi connectivity index (χ0v) is 11.7. The Kier molecular flexibility index (Phi) is 4.41. The van der Waals surface area contributed by atoms with Crippen molar-refractivity contribution in [3.05, 3.63) is 0 Å². The van der Waals surface area contributed by atoms with Gasteiger partial charge in [-0.05, 0) is 32.6 Å². The van der Waals surface area contributed by atoms with Crippen LogP contribution in [0.4, 0.5) is 0 Å². The average Bonchev–Trinajstić information content (AvgIpc) is 2.15. The van der Waals surface area contributed by atoms with Crippen LogP contribution < -0.4 is 5.32 Å². The highest BCUT2D eigenvalue weighted by atomic mass is 32.2. The quantitative estimate of drug-likeness (QED) is 0.826. The van der Waals surface area contributed by atoms with Crippen molar-refractivity contribution in [2.75, 3.05) is 12.8 Å². The second kappa shape index (κ2) is 5.05. The van der Waals surface area contributed by atoms with Crippen LogP contribution in [-0.4, -0.2) is 32.0 Å². The lowest BCUT2D eigenvalue weighted by Gasteiger charge is -2.33. The Morgan fingerprint density at radius 2 is 1.81 bits per heavy atom. The summed E-state index contributed by atoms with van der Waals surface area (Å²) in [5.41, 5.74) is 0. The van der Waals surface area contributed by atoms with Gasteiger partial charge >= 0.3 is 0 Å². The number of hydrogen-bond donors (Lipinski definition) is 1. The van der Waals surface area contributed by atoms with Gasteiger partial charge < -0.3 is 5.32 Å². The van der Waals surface area contributed by atoms with Crippen LogP contribution in [-0.2, 0) is 9.84 Å². The van der Waals surface area contributed by atoms with Crippen LogP contribution in [0.3, 0.4) is 0 Å². The van der Waals surface area contributed by atoms with E-state index in [1.165, 1.54) is 31.9 Å². The molecule has 96 valence electrons. The van der Waals surface area contributed by atoms with Gasteiger partial charge in [0, 0.05) is 18.8 Å². The molecular formula is C12H25NO2S. The second-order valence-electron chi connectivity index (χ2n) is 5.78. The van der Waals surface area contributed by atoms with Gasteiger partial charge in [-0.15, -0.1) is 0 Å². The predicted molar refractivity (Wildman–Crippen MR) is 68.3 cm³/mol. The topological polar surface area (TPSA) is 46.2 Å². The molecule has 4 heteroatoms. The van der Waals surface area contributed by atoms with Gasteiger partial charge in [-0.1, -0.05) is 19.8 Å². The zero-order valence-electron chi connectivity index (χ0n) is 10.9. The fourth-order valence-electron chi connectivity index (χ4n) is 2.13. The van der Waals surface area contributed by atoms with Crippen molar-refractivity contribution in [2.24, 2.45) is 5.92 Å². The van der Waals surface area contributed by atoms with Gasteiger partial charge in [0.25, 0.3) is 0 Å². The van der Waals surface area contributed by atoms with Gasteiger partial charge in [-0.25, -0.2) is 8.42 Å². The molecule has 1 aliphatic rings. The molecule has 1 N–H and O–H groups in total. The van der Waals surface area contributed by atoms with E-state index in [2.05, 4.69) is 12.2 Å². The highest BCUT2D eigenvalue weighted by molar-refractivity contribution is 7.92. The Morgan fingerprint density at radius 3 is 2.31 bits per heavy atom. The maximum atomic E-state index is 11.6. The molecule has 1 saturated carbocycles. The Balaban J connectivity index is 2.50. The van der Waals surface area contributed by atoms with Crippen LogP contribution in [0.1, 0.15) is 46.5 Å². The summed E-state index contributed by atoms with van der Waals surface area (Å²) in [5.74, 6) is 0.670. The van der Waals surface area contributed by atoms with Gasteiger partial charge in [0.15, 0.2) is 9.84 Å². The summed E-state index contributed by atoms with van der Waals surface area (Å²) in [7, 11) is -2.98.